The fourth-order valence-electron chi connectivity index (χ4n) is 2.02. The summed E-state index contributed by atoms with van der Waals surface area (Å²) in [4.78, 5) is 16.0. The van der Waals surface area contributed by atoms with E-state index in [0.29, 0.717) is 18.6 Å². The number of rotatable bonds is 8. The van der Waals surface area contributed by atoms with Gasteiger partial charge in [-0.15, -0.1) is 0 Å². The SMILES string of the molecule is O=C(CCOCCO)c1ccc(Cc2cccnc2)cc1. The molecule has 0 saturated carbocycles. The van der Waals surface area contributed by atoms with E-state index < -0.39 is 0 Å². The van der Waals surface area contributed by atoms with Crippen LogP contribution in [0.25, 0.3) is 0 Å². The predicted molar refractivity (Wildman–Crippen MR) is 80.3 cm³/mol. The topological polar surface area (TPSA) is 59.4 Å². The zero-order valence-electron chi connectivity index (χ0n) is 11.9. The van der Waals surface area contributed by atoms with Crippen LogP contribution in [0.3, 0.4) is 0 Å². The lowest BCUT2D eigenvalue weighted by Crippen LogP contribution is -2.07. The Morgan fingerprint density at radius 1 is 1.10 bits per heavy atom. The van der Waals surface area contributed by atoms with Crippen LogP contribution < -0.4 is 0 Å². The molecule has 0 unspecified atom stereocenters. The summed E-state index contributed by atoms with van der Waals surface area (Å²) in [5.41, 5.74) is 2.99. The first-order valence-corrected chi connectivity index (χ1v) is 6.99. The zero-order valence-corrected chi connectivity index (χ0v) is 11.9. The van der Waals surface area contributed by atoms with Crippen molar-refractivity contribution in [1.29, 1.82) is 0 Å². The molecule has 0 aliphatic heterocycles. The van der Waals surface area contributed by atoms with Crippen LogP contribution in [0, 0.1) is 0 Å². The van der Waals surface area contributed by atoms with Crippen molar-refractivity contribution in [2.24, 2.45) is 0 Å². The maximum absolute atomic E-state index is 11.9. The second kappa shape index (κ2) is 8.29. The van der Waals surface area contributed by atoms with E-state index in [9.17, 15) is 4.79 Å². The number of aliphatic hydroxyl groups excluding tert-OH is 1. The second-order valence-electron chi connectivity index (χ2n) is 4.74. The summed E-state index contributed by atoms with van der Waals surface area (Å²) >= 11 is 0. The van der Waals surface area contributed by atoms with Crippen molar-refractivity contribution in [2.45, 2.75) is 12.8 Å². The Kier molecular flexibility index (Phi) is 6.06. The third kappa shape index (κ3) is 5.10. The Morgan fingerprint density at radius 3 is 2.57 bits per heavy atom. The molecule has 21 heavy (non-hydrogen) atoms. The van der Waals surface area contributed by atoms with E-state index in [1.807, 2.05) is 42.6 Å². The molecule has 0 fully saturated rings. The van der Waals surface area contributed by atoms with Gasteiger partial charge in [-0.2, -0.15) is 0 Å². The summed E-state index contributed by atoms with van der Waals surface area (Å²) in [5, 5.41) is 8.59. The molecule has 0 spiro atoms. The van der Waals surface area contributed by atoms with Crippen LogP contribution in [0.2, 0.25) is 0 Å². The number of aliphatic hydroxyl groups is 1. The number of ether oxygens (including phenoxy) is 1. The first kappa shape index (κ1) is 15.4. The highest BCUT2D eigenvalue weighted by Gasteiger charge is 2.06. The van der Waals surface area contributed by atoms with Crippen molar-refractivity contribution in [2.75, 3.05) is 19.8 Å². The highest BCUT2D eigenvalue weighted by Crippen LogP contribution is 2.11. The Hall–Kier alpha value is -2.04. The van der Waals surface area contributed by atoms with Crippen LogP contribution in [0.1, 0.15) is 27.9 Å². The standard InChI is InChI=1S/C17H19NO3/c19-9-11-21-10-7-17(20)16-5-3-14(4-6-16)12-15-2-1-8-18-13-15/h1-6,8,13,19H,7,9-12H2. The van der Waals surface area contributed by atoms with Gasteiger partial charge in [-0.05, 0) is 23.6 Å². The molecule has 4 heteroatoms. The molecular formula is C17H19NO3. The second-order valence-corrected chi connectivity index (χ2v) is 4.74. The van der Waals surface area contributed by atoms with Gasteiger partial charge in [0.15, 0.2) is 5.78 Å². The number of hydrogen-bond donors (Lipinski definition) is 1. The summed E-state index contributed by atoms with van der Waals surface area (Å²) in [7, 11) is 0. The van der Waals surface area contributed by atoms with Gasteiger partial charge in [-0.3, -0.25) is 9.78 Å². The minimum Gasteiger partial charge on any atom is -0.394 e. The third-order valence-electron chi connectivity index (χ3n) is 3.12. The lowest BCUT2D eigenvalue weighted by atomic mass is 10.0. The first-order valence-electron chi connectivity index (χ1n) is 6.99. The van der Waals surface area contributed by atoms with Crippen molar-refractivity contribution in [3.05, 3.63) is 65.5 Å². The average Bonchev–Trinajstić information content (AvgIpc) is 2.53. The number of hydrogen-bond acceptors (Lipinski definition) is 4. The summed E-state index contributed by atoms with van der Waals surface area (Å²) in [6.45, 7) is 0.603. The van der Waals surface area contributed by atoms with Gasteiger partial charge < -0.3 is 9.84 Å². The first-order chi connectivity index (χ1) is 10.3. The van der Waals surface area contributed by atoms with Crippen LogP contribution in [0.15, 0.2) is 48.8 Å². The normalized spacial score (nSPS) is 10.5. The van der Waals surface area contributed by atoms with E-state index in [0.717, 1.165) is 17.5 Å². The Balaban J connectivity index is 1.88. The van der Waals surface area contributed by atoms with Crippen LogP contribution in [-0.4, -0.2) is 35.7 Å². The molecule has 2 rings (SSSR count). The molecule has 0 bridgehead atoms. The Bertz CT molecular complexity index is 552. The number of ketones is 1. The van der Waals surface area contributed by atoms with Gasteiger partial charge in [0.05, 0.1) is 19.8 Å². The maximum Gasteiger partial charge on any atom is 0.165 e. The van der Waals surface area contributed by atoms with Gasteiger partial charge in [-0.25, -0.2) is 0 Å². The van der Waals surface area contributed by atoms with Gasteiger partial charge in [-0.1, -0.05) is 30.3 Å². The smallest absolute Gasteiger partial charge is 0.165 e. The number of aromatic nitrogens is 1. The van der Waals surface area contributed by atoms with Crippen molar-refractivity contribution in [3.63, 3.8) is 0 Å². The highest BCUT2D eigenvalue weighted by atomic mass is 16.5. The number of Topliss-reactive ketones (excluding diaryl/α,β-unsaturated/α-hetero) is 1. The molecule has 0 atom stereocenters. The largest absolute Gasteiger partial charge is 0.394 e. The van der Waals surface area contributed by atoms with Gasteiger partial charge in [0.25, 0.3) is 0 Å². The van der Waals surface area contributed by atoms with E-state index in [4.69, 9.17) is 9.84 Å². The highest BCUT2D eigenvalue weighted by molar-refractivity contribution is 5.96. The lowest BCUT2D eigenvalue weighted by Gasteiger charge is -2.05. The molecule has 0 radical (unpaired) electrons. The van der Waals surface area contributed by atoms with Gasteiger partial charge in [0.1, 0.15) is 0 Å². The van der Waals surface area contributed by atoms with Gasteiger partial charge in [0.2, 0.25) is 0 Å². The van der Waals surface area contributed by atoms with Crippen molar-refractivity contribution >= 4 is 5.78 Å². The fraction of sp³-hybridized carbons (Fsp3) is 0.294. The molecular weight excluding hydrogens is 266 g/mol. The van der Waals surface area contributed by atoms with Crippen molar-refractivity contribution < 1.29 is 14.6 Å². The molecule has 1 heterocycles. The quantitative estimate of drug-likeness (QED) is 0.597. The Morgan fingerprint density at radius 2 is 1.90 bits per heavy atom. The molecule has 0 aliphatic rings. The summed E-state index contributed by atoms with van der Waals surface area (Å²) in [6, 6.07) is 11.6. The molecule has 1 N–H and O–H groups in total. The van der Waals surface area contributed by atoms with E-state index in [2.05, 4.69) is 4.98 Å². The lowest BCUT2D eigenvalue weighted by molar-refractivity contribution is 0.0766. The van der Waals surface area contributed by atoms with E-state index in [1.165, 1.54) is 0 Å². The molecule has 0 aliphatic carbocycles. The Labute approximate surface area is 124 Å². The van der Waals surface area contributed by atoms with Gasteiger partial charge in [0, 0.05) is 24.4 Å². The van der Waals surface area contributed by atoms with Crippen LogP contribution in [0.5, 0.6) is 0 Å². The number of carbonyl (C=O) groups excluding carboxylic acids is 1. The molecule has 4 nitrogen and oxygen atoms in total. The number of carbonyl (C=O) groups is 1. The van der Waals surface area contributed by atoms with Crippen LogP contribution >= 0.6 is 0 Å². The molecule has 1 aromatic carbocycles. The summed E-state index contributed by atoms with van der Waals surface area (Å²) < 4.78 is 5.10. The summed E-state index contributed by atoms with van der Waals surface area (Å²) in [6.07, 6.45) is 4.74. The molecule has 1 aromatic heterocycles. The number of nitrogens with zero attached hydrogens (tertiary/aromatic N) is 1. The maximum atomic E-state index is 11.9. The predicted octanol–water partition coefficient (Wildman–Crippen LogP) is 2.25. The van der Waals surface area contributed by atoms with E-state index in [-0.39, 0.29) is 19.0 Å². The van der Waals surface area contributed by atoms with Crippen LogP contribution in [-0.2, 0) is 11.2 Å². The zero-order chi connectivity index (χ0) is 14.9. The molecule has 0 saturated heterocycles. The monoisotopic (exact) mass is 285 g/mol. The summed E-state index contributed by atoms with van der Waals surface area (Å²) in [5.74, 6) is 0.0564. The molecule has 0 amide bonds. The third-order valence-corrected chi connectivity index (χ3v) is 3.12. The molecule has 2 aromatic rings. The van der Waals surface area contributed by atoms with E-state index >= 15 is 0 Å². The van der Waals surface area contributed by atoms with Gasteiger partial charge >= 0.3 is 0 Å². The van der Waals surface area contributed by atoms with E-state index in [1.54, 1.807) is 6.20 Å². The minimum absolute atomic E-state index is 0.0166. The fourth-order valence-corrected chi connectivity index (χ4v) is 2.02. The van der Waals surface area contributed by atoms with Crippen molar-refractivity contribution in [1.82, 2.24) is 4.98 Å². The number of pyridine rings is 1. The minimum atomic E-state index is -0.0166. The molecule has 110 valence electrons. The van der Waals surface area contributed by atoms with Crippen LogP contribution in [0.4, 0.5) is 0 Å². The average molecular weight is 285 g/mol. The van der Waals surface area contributed by atoms with Crippen molar-refractivity contribution in [3.8, 4) is 0 Å². The number of benzene rings is 1.